The second-order valence-corrected chi connectivity index (χ2v) is 6.88. The summed E-state index contributed by atoms with van der Waals surface area (Å²) in [5.41, 5.74) is 6.73. The molecule has 9 heteroatoms. The summed E-state index contributed by atoms with van der Waals surface area (Å²) in [4.78, 5) is 48.1. The highest BCUT2D eigenvalue weighted by molar-refractivity contribution is 5.92. The fourth-order valence-electron chi connectivity index (χ4n) is 2.88. The second kappa shape index (κ2) is 12.1. The van der Waals surface area contributed by atoms with Crippen molar-refractivity contribution < 1.29 is 24.3 Å². The molecule has 0 heterocycles. The lowest BCUT2D eigenvalue weighted by Gasteiger charge is -2.22. The quantitative estimate of drug-likeness (QED) is 0.330. The largest absolute Gasteiger partial charge is 0.480 e. The number of carbonyl (C=O) groups is 4. The molecule has 0 radical (unpaired) electrons. The summed E-state index contributed by atoms with van der Waals surface area (Å²) in [7, 11) is 0. The third-order valence-electron chi connectivity index (χ3n) is 4.46. The van der Waals surface area contributed by atoms with E-state index in [1.54, 1.807) is 48.5 Å². The van der Waals surface area contributed by atoms with Gasteiger partial charge in [-0.05, 0) is 11.1 Å². The van der Waals surface area contributed by atoms with Gasteiger partial charge in [0.05, 0.1) is 13.1 Å². The molecule has 0 saturated heterocycles. The minimum atomic E-state index is -1.18. The average Bonchev–Trinajstić information content (AvgIpc) is 2.77. The molecule has 0 aliphatic carbocycles. The van der Waals surface area contributed by atoms with Crippen LogP contribution in [0.25, 0.3) is 0 Å². The molecule has 2 aromatic carbocycles. The smallest absolute Gasteiger partial charge is 0.326 e. The van der Waals surface area contributed by atoms with Gasteiger partial charge in [0, 0.05) is 12.8 Å². The maximum Gasteiger partial charge on any atom is 0.326 e. The number of benzene rings is 2. The number of aliphatic carboxylic acids is 1. The highest BCUT2D eigenvalue weighted by Crippen LogP contribution is 2.07. The van der Waals surface area contributed by atoms with Crippen molar-refractivity contribution >= 4 is 23.7 Å². The molecule has 0 fully saturated rings. The zero-order chi connectivity index (χ0) is 22.6. The molecule has 3 amide bonds. The van der Waals surface area contributed by atoms with Crippen LogP contribution in [0, 0.1) is 0 Å². The first-order chi connectivity index (χ1) is 14.9. The van der Waals surface area contributed by atoms with E-state index in [0.29, 0.717) is 0 Å². The van der Waals surface area contributed by atoms with Crippen LogP contribution in [0.3, 0.4) is 0 Å². The minimum Gasteiger partial charge on any atom is -0.480 e. The van der Waals surface area contributed by atoms with Gasteiger partial charge >= 0.3 is 5.97 Å². The van der Waals surface area contributed by atoms with Crippen LogP contribution in [0.15, 0.2) is 60.7 Å². The molecular formula is C22H26N4O5. The maximum absolute atomic E-state index is 12.9. The maximum atomic E-state index is 12.9. The normalized spacial score (nSPS) is 12.3. The number of amides is 3. The van der Waals surface area contributed by atoms with Crippen LogP contribution in [-0.4, -0.2) is 54.0 Å². The van der Waals surface area contributed by atoms with Gasteiger partial charge in [-0.1, -0.05) is 60.7 Å². The van der Waals surface area contributed by atoms with Crippen molar-refractivity contribution in [2.24, 2.45) is 5.73 Å². The molecule has 6 N–H and O–H groups in total. The van der Waals surface area contributed by atoms with Gasteiger partial charge in [-0.3, -0.25) is 14.4 Å². The van der Waals surface area contributed by atoms with Crippen molar-refractivity contribution in [1.29, 1.82) is 0 Å². The van der Waals surface area contributed by atoms with Gasteiger partial charge in [-0.25, -0.2) is 4.79 Å². The number of nitrogens with one attached hydrogen (secondary N) is 3. The first-order valence-corrected chi connectivity index (χ1v) is 9.76. The lowest BCUT2D eigenvalue weighted by atomic mass is 10.0. The van der Waals surface area contributed by atoms with Crippen LogP contribution in [0.4, 0.5) is 0 Å². The Morgan fingerprint density at radius 2 is 1.29 bits per heavy atom. The summed E-state index contributed by atoms with van der Waals surface area (Å²) in [6.07, 6.45) is 0.251. The lowest BCUT2D eigenvalue weighted by molar-refractivity contribution is -0.142. The van der Waals surface area contributed by atoms with Crippen molar-refractivity contribution in [2.45, 2.75) is 24.9 Å². The molecule has 164 valence electrons. The van der Waals surface area contributed by atoms with E-state index in [0.717, 1.165) is 11.1 Å². The summed E-state index contributed by atoms with van der Waals surface area (Å²) in [5.74, 6) is -2.91. The standard InChI is InChI=1S/C22H26N4O5/c23-13-19(27)24-14-20(28)25-17(11-15-7-3-1-4-8-15)21(29)26-18(22(30)31)12-16-9-5-2-6-10-16/h1-10,17-18H,11-14,23H2,(H,24,27)(H,25,28)(H,26,29)(H,30,31)/t17-,18-/m0/s1. The van der Waals surface area contributed by atoms with Crippen LogP contribution in [0.1, 0.15) is 11.1 Å². The van der Waals surface area contributed by atoms with Crippen molar-refractivity contribution in [1.82, 2.24) is 16.0 Å². The number of carbonyl (C=O) groups excluding carboxylic acids is 3. The van der Waals surface area contributed by atoms with Gasteiger partial charge in [-0.2, -0.15) is 0 Å². The van der Waals surface area contributed by atoms with Gasteiger partial charge in [0.15, 0.2) is 0 Å². The van der Waals surface area contributed by atoms with Crippen LogP contribution < -0.4 is 21.7 Å². The van der Waals surface area contributed by atoms with Gasteiger partial charge in [0.2, 0.25) is 17.7 Å². The summed E-state index contributed by atoms with van der Waals surface area (Å²) < 4.78 is 0. The monoisotopic (exact) mass is 426 g/mol. The van der Waals surface area contributed by atoms with E-state index in [2.05, 4.69) is 16.0 Å². The molecule has 2 atom stereocenters. The van der Waals surface area contributed by atoms with Gasteiger partial charge in [-0.15, -0.1) is 0 Å². The summed E-state index contributed by atoms with van der Waals surface area (Å²) in [6, 6.07) is 15.7. The van der Waals surface area contributed by atoms with E-state index in [9.17, 15) is 24.3 Å². The first kappa shape index (κ1) is 23.6. The minimum absolute atomic E-state index is 0.0977. The molecule has 0 bridgehead atoms. The van der Waals surface area contributed by atoms with E-state index < -0.39 is 35.8 Å². The van der Waals surface area contributed by atoms with Gasteiger partial charge in [0.1, 0.15) is 12.1 Å². The molecule has 9 nitrogen and oxygen atoms in total. The van der Waals surface area contributed by atoms with Crippen LogP contribution in [0.2, 0.25) is 0 Å². The number of carboxylic acid groups (broad SMARTS) is 1. The Balaban J connectivity index is 2.10. The van der Waals surface area contributed by atoms with E-state index in [1.165, 1.54) is 0 Å². The van der Waals surface area contributed by atoms with Crippen LogP contribution >= 0.6 is 0 Å². The predicted octanol–water partition coefficient (Wildman–Crippen LogP) is -0.399. The number of nitrogens with two attached hydrogens (primary N) is 1. The Bertz CT molecular complexity index is 889. The Morgan fingerprint density at radius 1 is 0.774 bits per heavy atom. The third kappa shape index (κ3) is 8.27. The molecule has 0 aliphatic rings. The average molecular weight is 426 g/mol. The van der Waals surface area contributed by atoms with Crippen molar-refractivity contribution in [3.8, 4) is 0 Å². The summed E-state index contributed by atoms with van der Waals surface area (Å²) in [6.45, 7) is -0.609. The first-order valence-electron chi connectivity index (χ1n) is 9.76. The lowest BCUT2D eigenvalue weighted by Crippen LogP contribution is -2.54. The molecule has 0 aliphatic heterocycles. The van der Waals surface area contributed by atoms with E-state index in [4.69, 9.17) is 5.73 Å². The molecule has 0 aromatic heterocycles. The summed E-state index contributed by atoms with van der Waals surface area (Å²) in [5, 5.41) is 16.9. The zero-order valence-electron chi connectivity index (χ0n) is 16.9. The third-order valence-corrected chi connectivity index (χ3v) is 4.46. The highest BCUT2D eigenvalue weighted by atomic mass is 16.4. The van der Waals surface area contributed by atoms with Gasteiger partial charge in [0.25, 0.3) is 0 Å². The predicted molar refractivity (Wildman–Crippen MR) is 114 cm³/mol. The number of rotatable bonds is 11. The van der Waals surface area contributed by atoms with Crippen LogP contribution in [-0.2, 0) is 32.0 Å². The molecule has 0 unspecified atom stereocenters. The van der Waals surface area contributed by atoms with Gasteiger partial charge < -0.3 is 26.8 Å². The highest BCUT2D eigenvalue weighted by Gasteiger charge is 2.27. The molecule has 0 spiro atoms. The molecule has 2 rings (SSSR count). The SMILES string of the molecule is NCC(=O)NCC(=O)N[C@@H](Cc1ccccc1)C(=O)N[C@@H](Cc1ccccc1)C(=O)O. The molecule has 0 saturated carbocycles. The fraction of sp³-hybridized carbons (Fsp3) is 0.273. The summed E-state index contributed by atoms with van der Waals surface area (Å²) >= 11 is 0. The van der Waals surface area contributed by atoms with Crippen molar-refractivity contribution in [3.05, 3.63) is 71.8 Å². The Labute approximate surface area is 180 Å². The van der Waals surface area contributed by atoms with E-state index >= 15 is 0 Å². The van der Waals surface area contributed by atoms with E-state index in [-0.39, 0.29) is 25.9 Å². The Kier molecular flexibility index (Phi) is 9.18. The molecule has 31 heavy (non-hydrogen) atoms. The molecule has 2 aromatic rings. The number of hydrogen-bond donors (Lipinski definition) is 5. The Hall–Kier alpha value is -3.72. The number of hydrogen-bond acceptors (Lipinski definition) is 5. The van der Waals surface area contributed by atoms with Crippen molar-refractivity contribution in [3.63, 3.8) is 0 Å². The van der Waals surface area contributed by atoms with E-state index in [1.807, 2.05) is 12.1 Å². The second-order valence-electron chi connectivity index (χ2n) is 6.88. The van der Waals surface area contributed by atoms with Crippen LogP contribution in [0.5, 0.6) is 0 Å². The topological polar surface area (TPSA) is 151 Å². The molecular weight excluding hydrogens is 400 g/mol. The van der Waals surface area contributed by atoms with Crippen molar-refractivity contribution in [2.75, 3.05) is 13.1 Å². The zero-order valence-corrected chi connectivity index (χ0v) is 16.9. The fourth-order valence-corrected chi connectivity index (χ4v) is 2.88. The Morgan fingerprint density at radius 3 is 1.77 bits per heavy atom. The number of carboxylic acids is 1.